The van der Waals surface area contributed by atoms with Gasteiger partial charge >= 0.3 is 0 Å². The van der Waals surface area contributed by atoms with Crippen LogP contribution in [0.25, 0.3) is 0 Å². The van der Waals surface area contributed by atoms with Gasteiger partial charge in [-0.2, -0.15) is 9.40 Å². The van der Waals surface area contributed by atoms with Gasteiger partial charge in [-0.05, 0) is 32.4 Å². The number of carbonyl (C=O) groups excluding carboxylic acids is 1. The van der Waals surface area contributed by atoms with E-state index >= 15 is 0 Å². The molecule has 0 saturated carbocycles. The lowest BCUT2D eigenvalue weighted by Crippen LogP contribution is -2.50. The predicted molar refractivity (Wildman–Crippen MR) is 98.5 cm³/mol. The Kier molecular flexibility index (Phi) is 4.90. The highest BCUT2D eigenvalue weighted by Gasteiger charge is 2.32. The lowest BCUT2D eigenvalue weighted by molar-refractivity contribution is 0.0697. The van der Waals surface area contributed by atoms with E-state index in [2.05, 4.69) is 5.10 Å². The minimum absolute atomic E-state index is 0.0980. The minimum atomic E-state index is -3.55. The summed E-state index contributed by atoms with van der Waals surface area (Å²) in [5.74, 6) is -0.0980. The molecule has 7 nitrogen and oxygen atoms in total. The molecule has 0 bridgehead atoms. The summed E-state index contributed by atoms with van der Waals surface area (Å²) in [5, 5.41) is 4.11. The number of amides is 1. The normalized spacial score (nSPS) is 16.1. The van der Waals surface area contributed by atoms with Crippen LogP contribution in [0.1, 0.15) is 27.2 Å². The van der Waals surface area contributed by atoms with Gasteiger partial charge in [0.15, 0.2) is 0 Å². The summed E-state index contributed by atoms with van der Waals surface area (Å²) in [4.78, 5) is 14.7. The molecule has 8 heteroatoms. The van der Waals surface area contributed by atoms with Crippen molar-refractivity contribution in [3.05, 3.63) is 46.8 Å². The Labute approximate surface area is 154 Å². The van der Waals surface area contributed by atoms with Gasteiger partial charge in [0.2, 0.25) is 10.0 Å². The zero-order valence-corrected chi connectivity index (χ0v) is 16.4. The van der Waals surface area contributed by atoms with Gasteiger partial charge in [0.05, 0.1) is 16.7 Å². The third-order valence-electron chi connectivity index (χ3n) is 4.94. The molecule has 1 saturated heterocycles. The van der Waals surface area contributed by atoms with Crippen molar-refractivity contribution in [1.29, 1.82) is 0 Å². The van der Waals surface area contributed by atoms with Gasteiger partial charge in [0.1, 0.15) is 0 Å². The molecule has 1 amide bonds. The number of piperazine rings is 1. The molecule has 1 fully saturated rings. The number of rotatable bonds is 3. The molecule has 0 N–H and O–H groups in total. The molecule has 26 heavy (non-hydrogen) atoms. The molecule has 0 unspecified atom stereocenters. The molecule has 1 aliphatic rings. The van der Waals surface area contributed by atoms with E-state index in [1.54, 1.807) is 28.9 Å². The molecule has 1 aromatic heterocycles. The number of hydrogen-bond acceptors (Lipinski definition) is 4. The molecule has 0 atom stereocenters. The van der Waals surface area contributed by atoms with Gasteiger partial charge < -0.3 is 4.90 Å². The van der Waals surface area contributed by atoms with Gasteiger partial charge in [-0.1, -0.05) is 17.7 Å². The van der Waals surface area contributed by atoms with E-state index in [9.17, 15) is 13.2 Å². The lowest BCUT2D eigenvalue weighted by atomic mass is 10.2. The Morgan fingerprint density at radius 3 is 2.27 bits per heavy atom. The second kappa shape index (κ2) is 6.85. The molecular weight excluding hydrogens is 352 g/mol. The fourth-order valence-electron chi connectivity index (χ4n) is 3.24. The van der Waals surface area contributed by atoms with E-state index in [1.807, 2.05) is 32.9 Å². The van der Waals surface area contributed by atoms with Crippen molar-refractivity contribution in [3.8, 4) is 0 Å². The summed E-state index contributed by atoms with van der Waals surface area (Å²) in [6, 6.07) is 5.35. The van der Waals surface area contributed by atoms with Crippen LogP contribution in [0.4, 0.5) is 0 Å². The van der Waals surface area contributed by atoms with Crippen molar-refractivity contribution >= 4 is 15.9 Å². The highest BCUT2D eigenvalue weighted by atomic mass is 32.2. The summed E-state index contributed by atoms with van der Waals surface area (Å²) in [7, 11) is -1.76. The first kappa shape index (κ1) is 18.6. The van der Waals surface area contributed by atoms with Gasteiger partial charge in [0.25, 0.3) is 5.91 Å². The third kappa shape index (κ3) is 3.26. The van der Waals surface area contributed by atoms with Crippen LogP contribution >= 0.6 is 0 Å². The van der Waals surface area contributed by atoms with Gasteiger partial charge in [0, 0.05) is 38.9 Å². The summed E-state index contributed by atoms with van der Waals surface area (Å²) < 4.78 is 29.0. The van der Waals surface area contributed by atoms with Crippen molar-refractivity contribution in [1.82, 2.24) is 19.0 Å². The van der Waals surface area contributed by atoms with Crippen LogP contribution in [-0.4, -0.2) is 59.5 Å². The smallest absolute Gasteiger partial charge is 0.257 e. The monoisotopic (exact) mass is 376 g/mol. The Hall–Kier alpha value is -2.19. The first-order valence-electron chi connectivity index (χ1n) is 8.57. The Morgan fingerprint density at radius 1 is 1.08 bits per heavy atom. The number of hydrogen-bond donors (Lipinski definition) is 0. The van der Waals surface area contributed by atoms with Crippen LogP contribution in [0, 0.1) is 20.8 Å². The Morgan fingerprint density at radius 2 is 1.73 bits per heavy atom. The van der Waals surface area contributed by atoms with Crippen molar-refractivity contribution < 1.29 is 13.2 Å². The molecule has 1 aromatic carbocycles. The molecule has 0 radical (unpaired) electrons. The number of aryl methyl sites for hydroxylation is 3. The summed E-state index contributed by atoms with van der Waals surface area (Å²) in [6.07, 6.45) is 1.57. The maximum absolute atomic E-state index is 12.9. The molecule has 2 aromatic rings. The number of carbonyl (C=O) groups is 1. The first-order valence-corrected chi connectivity index (χ1v) is 10.0. The predicted octanol–water partition coefficient (Wildman–Crippen LogP) is 1.49. The number of sulfonamides is 1. The van der Waals surface area contributed by atoms with Crippen LogP contribution in [-0.2, 0) is 17.1 Å². The van der Waals surface area contributed by atoms with E-state index in [0.29, 0.717) is 36.6 Å². The SMILES string of the molecule is Cc1ccc(S(=O)(=O)N2CCN(C(=O)c3cnn(C)c3C)CC2)c(C)c1. The summed E-state index contributed by atoms with van der Waals surface area (Å²) in [5.41, 5.74) is 3.15. The van der Waals surface area contributed by atoms with Gasteiger partial charge in [-0.25, -0.2) is 8.42 Å². The highest BCUT2D eigenvalue weighted by Crippen LogP contribution is 2.22. The fraction of sp³-hybridized carbons (Fsp3) is 0.444. The second-order valence-corrected chi connectivity index (χ2v) is 8.64. The largest absolute Gasteiger partial charge is 0.336 e. The quantitative estimate of drug-likeness (QED) is 0.813. The average Bonchev–Trinajstić information content (AvgIpc) is 2.93. The van der Waals surface area contributed by atoms with E-state index in [4.69, 9.17) is 0 Å². The summed E-state index contributed by atoms with van der Waals surface area (Å²) in [6.45, 7) is 6.93. The maximum atomic E-state index is 12.9. The maximum Gasteiger partial charge on any atom is 0.257 e. The van der Waals surface area contributed by atoms with Gasteiger partial charge in [-0.3, -0.25) is 9.48 Å². The number of aromatic nitrogens is 2. The first-order chi connectivity index (χ1) is 12.2. The van der Waals surface area contributed by atoms with Crippen LogP contribution in [0.5, 0.6) is 0 Å². The van der Waals surface area contributed by atoms with Crippen molar-refractivity contribution in [2.75, 3.05) is 26.2 Å². The third-order valence-corrected chi connectivity index (χ3v) is 7.00. The molecule has 140 valence electrons. The Bertz CT molecular complexity index is 941. The van der Waals surface area contributed by atoms with E-state index in [0.717, 1.165) is 16.8 Å². The van der Waals surface area contributed by atoms with E-state index < -0.39 is 10.0 Å². The van der Waals surface area contributed by atoms with Crippen LogP contribution in [0.15, 0.2) is 29.3 Å². The minimum Gasteiger partial charge on any atom is -0.336 e. The molecular formula is C18H24N4O3S. The standard InChI is InChI=1S/C18H24N4O3S/c1-13-5-6-17(14(2)11-13)26(24,25)22-9-7-21(8-10-22)18(23)16-12-19-20(4)15(16)3/h5-6,11-12H,7-10H2,1-4H3. The molecule has 0 aliphatic carbocycles. The average molecular weight is 376 g/mol. The van der Waals surface area contributed by atoms with E-state index in [1.165, 1.54) is 4.31 Å². The topological polar surface area (TPSA) is 75.5 Å². The van der Waals surface area contributed by atoms with Crippen molar-refractivity contribution in [2.45, 2.75) is 25.7 Å². The second-order valence-electron chi connectivity index (χ2n) is 6.73. The number of benzene rings is 1. The highest BCUT2D eigenvalue weighted by molar-refractivity contribution is 7.89. The summed E-state index contributed by atoms with van der Waals surface area (Å²) >= 11 is 0. The Balaban J connectivity index is 1.73. The van der Waals surface area contributed by atoms with E-state index in [-0.39, 0.29) is 5.91 Å². The number of nitrogens with zero attached hydrogens (tertiary/aromatic N) is 4. The van der Waals surface area contributed by atoms with Gasteiger partial charge in [-0.15, -0.1) is 0 Å². The zero-order valence-electron chi connectivity index (χ0n) is 15.6. The molecule has 2 heterocycles. The van der Waals surface area contributed by atoms with Crippen molar-refractivity contribution in [3.63, 3.8) is 0 Å². The molecule has 1 aliphatic heterocycles. The molecule has 0 spiro atoms. The lowest BCUT2D eigenvalue weighted by Gasteiger charge is -2.34. The van der Waals surface area contributed by atoms with Crippen LogP contribution in [0.2, 0.25) is 0 Å². The molecule has 3 rings (SSSR count). The zero-order chi connectivity index (χ0) is 19.1. The van der Waals surface area contributed by atoms with Crippen LogP contribution < -0.4 is 0 Å². The van der Waals surface area contributed by atoms with Crippen molar-refractivity contribution in [2.24, 2.45) is 7.05 Å². The fourth-order valence-corrected chi connectivity index (χ4v) is 4.87. The van der Waals surface area contributed by atoms with Crippen LogP contribution in [0.3, 0.4) is 0 Å².